The van der Waals surface area contributed by atoms with E-state index in [4.69, 9.17) is 4.74 Å². The van der Waals surface area contributed by atoms with Gasteiger partial charge in [-0.2, -0.15) is 0 Å². The van der Waals surface area contributed by atoms with Crippen LogP contribution in [0.3, 0.4) is 0 Å². The van der Waals surface area contributed by atoms with Gasteiger partial charge >= 0.3 is 12.1 Å². The maximum atomic E-state index is 12.8. The van der Waals surface area contributed by atoms with Gasteiger partial charge in [0, 0.05) is 6.54 Å². The summed E-state index contributed by atoms with van der Waals surface area (Å²) in [6.07, 6.45) is 14.2. The minimum atomic E-state index is -0.730. The molecule has 3 aliphatic rings. The van der Waals surface area contributed by atoms with Gasteiger partial charge in [-0.25, -0.2) is 4.79 Å². The van der Waals surface area contributed by atoms with E-state index in [9.17, 15) is 14.7 Å². The fraction of sp³-hybridized carbons (Fsp3) is 0.923. The van der Waals surface area contributed by atoms with Gasteiger partial charge in [0.05, 0.1) is 0 Å². The summed E-state index contributed by atoms with van der Waals surface area (Å²) in [5, 5.41) is 17.1. The molecule has 3 rings (SSSR count). The molecule has 3 fully saturated rings. The summed E-state index contributed by atoms with van der Waals surface area (Å²) in [6.45, 7) is 7.10. The lowest BCUT2D eigenvalue weighted by atomic mass is 9.67. The van der Waals surface area contributed by atoms with E-state index in [1.165, 1.54) is 32.1 Å². The molecule has 0 heterocycles. The van der Waals surface area contributed by atoms with E-state index >= 15 is 0 Å². The Hall–Kier alpha value is -1.30. The first-order chi connectivity index (χ1) is 15.2. The number of alkyl carbamates (subject to hydrolysis) is 1. The number of ether oxygens (including phenoxy) is 1. The zero-order valence-electron chi connectivity index (χ0n) is 20.6. The third-order valence-electron chi connectivity index (χ3n) is 8.19. The zero-order valence-corrected chi connectivity index (χ0v) is 20.6. The number of hydrogen-bond acceptors (Lipinski definition) is 4. The van der Waals surface area contributed by atoms with E-state index < -0.39 is 17.1 Å². The topological polar surface area (TPSA) is 87.7 Å². The van der Waals surface area contributed by atoms with Crippen molar-refractivity contribution in [2.45, 2.75) is 115 Å². The number of carbonyl (C=O) groups is 2. The summed E-state index contributed by atoms with van der Waals surface area (Å²) in [4.78, 5) is 24.7. The smallest absolute Gasteiger partial charge is 0.407 e. The number of nitrogens with one attached hydrogen (secondary N) is 2. The fourth-order valence-corrected chi connectivity index (χ4v) is 6.48. The number of carbonyl (C=O) groups excluding carboxylic acids is 1. The molecular weight excluding hydrogens is 404 g/mol. The largest absolute Gasteiger partial charge is 0.480 e. The van der Waals surface area contributed by atoms with E-state index in [-0.39, 0.29) is 17.9 Å². The van der Waals surface area contributed by atoms with Crippen LogP contribution >= 0.6 is 0 Å². The normalized spacial score (nSPS) is 27.6. The minimum Gasteiger partial charge on any atom is -0.480 e. The molecule has 6 heteroatoms. The first-order valence-corrected chi connectivity index (χ1v) is 13.2. The van der Waals surface area contributed by atoms with Crippen LogP contribution in [0.25, 0.3) is 0 Å². The maximum absolute atomic E-state index is 12.8. The Bertz CT molecular complexity index is 612. The van der Waals surface area contributed by atoms with Gasteiger partial charge in [0.2, 0.25) is 0 Å². The molecule has 0 aromatic heterocycles. The molecule has 184 valence electrons. The number of hydrogen-bond donors (Lipinski definition) is 3. The molecule has 0 saturated heterocycles. The Kier molecular flexibility index (Phi) is 8.88. The van der Waals surface area contributed by atoms with Crippen molar-refractivity contribution in [1.29, 1.82) is 0 Å². The van der Waals surface area contributed by atoms with Gasteiger partial charge < -0.3 is 20.5 Å². The third kappa shape index (κ3) is 6.61. The van der Waals surface area contributed by atoms with Crippen LogP contribution < -0.4 is 10.6 Å². The fourth-order valence-electron chi connectivity index (χ4n) is 6.48. The molecule has 6 nitrogen and oxygen atoms in total. The molecule has 1 amide bonds. The van der Waals surface area contributed by atoms with Crippen LogP contribution in [0, 0.1) is 23.7 Å². The second-order valence-corrected chi connectivity index (χ2v) is 11.6. The molecule has 0 bridgehead atoms. The summed E-state index contributed by atoms with van der Waals surface area (Å²) in [5.74, 6) is 0.947. The number of carboxylic acids is 1. The molecule has 0 spiro atoms. The Morgan fingerprint density at radius 3 is 1.72 bits per heavy atom. The summed E-state index contributed by atoms with van der Waals surface area (Å²) in [5.41, 5.74) is -1.20. The van der Waals surface area contributed by atoms with Crippen molar-refractivity contribution in [2.75, 3.05) is 13.1 Å². The lowest BCUT2D eigenvalue weighted by Crippen LogP contribution is -2.63. The van der Waals surface area contributed by atoms with Crippen LogP contribution in [0.5, 0.6) is 0 Å². The molecule has 3 saturated carbocycles. The number of carboxylic acid groups (broad SMARTS) is 1. The van der Waals surface area contributed by atoms with Crippen LogP contribution in [0.15, 0.2) is 0 Å². The van der Waals surface area contributed by atoms with E-state index in [1.807, 2.05) is 20.8 Å². The second-order valence-electron chi connectivity index (χ2n) is 11.6. The summed E-state index contributed by atoms with van der Waals surface area (Å²) < 4.78 is 5.34. The maximum Gasteiger partial charge on any atom is 0.407 e. The molecule has 0 radical (unpaired) electrons. The molecule has 3 N–H and O–H groups in total. The summed E-state index contributed by atoms with van der Waals surface area (Å²) in [7, 11) is 0. The van der Waals surface area contributed by atoms with Crippen molar-refractivity contribution < 1.29 is 19.4 Å². The first-order valence-electron chi connectivity index (χ1n) is 13.2. The first kappa shape index (κ1) is 25.3. The van der Waals surface area contributed by atoms with Gasteiger partial charge in [-0.15, -0.1) is 0 Å². The van der Waals surface area contributed by atoms with Crippen LogP contribution in [0.2, 0.25) is 0 Å². The highest BCUT2D eigenvalue weighted by atomic mass is 16.6. The van der Waals surface area contributed by atoms with Crippen LogP contribution in [0.1, 0.15) is 104 Å². The van der Waals surface area contributed by atoms with Gasteiger partial charge in [-0.3, -0.25) is 4.79 Å². The molecule has 0 unspecified atom stereocenters. The average Bonchev–Trinajstić information content (AvgIpc) is 3.28. The molecule has 0 aromatic rings. The standard InChI is InChI=1S/C26H46N2O4/c1-25(2,3)32-24(31)27-17-19-13-15-20(16-14-19)18-28-26(23(29)30,22-11-7-8-12-22)21-9-5-4-6-10-21/h19-22,28H,4-18H2,1-3H3,(H,27,31)(H,29,30)/t19?,20?,26-/m1/s1. The Morgan fingerprint density at radius 1 is 0.781 bits per heavy atom. The van der Waals surface area contributed by atoms with Crippen molar-refractivity contribution in [1.82, 2.24) is 10.6 Å². The quantitative estimate of drug-likeness (QED) is 0.454. The monoisotopic (exact) mass is 450 g/mol. The number of aliphatic carboxylic acids is 1. The average molecular weight is 451 g/mol. The van der Waals surface area contributed by atoms with Gasteiger partial charge in [0.1, 0.15) is 11.1 Å². The van der Waals surface area contributed by atoms with Crippen molar-refractivity contribution in [3.05, 3.63) is 0 Å². The molecule has 32 heavy (non-hydrogen) atoms. The highest BCUT2D eigenvalue weighted by molar-refractivity contribution is 5.80. The summed E-state index contributed by atoms with van der Waals surface area (Å²) in [6, 6.07) is 0. The predicted octanol–water partition coefficient (Wildman–Crippen LogP) is 5.50. The van der Waals surface area contributed by atoms with Crippen LogP contribution in [-0.4, -0.2) is 41.4 Å². The van der Waals surface area contributed by atoms with Crippen molar-refractivity contribution in [2.24, 2.45) is 23.7 Å². The molecule has 0 aromatic carbocycles. The highest BCUT2D eigenvalue weighted by Crippen LogP contribution is 2.44. The van der Waals surface area contributed by atoms with Gasteiger partial charge in [0.25, 0.3) is 0 Å². The number of rotatable bonds is 8. The van der Waals surface area contributed by atoms with Crippen molar-refractivity contribution in [3.8, 4) is 0 Å². The minimum absolute atomic E-state index is 0.270. The third-order valence-corrected chi connectivity index (χ3v) is 8.19. The number of amides is 1. The van der Waals surface area contributed by atoms with Crippen LogP contribution in [-0.2, 0) is 9.53 Å². The van der Waals surface area contributed by atoms with Gasteiger partial charge in [0.15, 0.2) is 0 Å². The zero-order chi connectivity index (χ0) is 23.2. The highest BCUT2D eigenvalue weighted by Gasteiger charge is 2.52. The van der Waals surface area contributed by atoms with E-state index in [0.717, 1.165) is 57.9 Å². The van der Waals surface area contributed by atoms with E-state index in [2.05, 4.69) is 10.6 Å². The lowest BCUT2D eigenvalue weighted by molar-refractivity contribution is -0.152. The Labute approximate surface area is 194 Å². The predicted molar refractivity (Wildman–Crippen MR) is 127 cm³/mol. The Morgan fingerprint density at radius 2 is 1.25 bits per heavy atom. The Balaban J connectivity index is 1.51. The molecular formula is C26H46N2O4. The molecule has 1 atom stereocenters. The van der Waals surface area contributed by atoms with Crippen LogP contribution in [0.4, 0.5) is 4.79 Å². The molecule has 0 aliphatic heterocycles. The SMILES string of the molecule is CC(C)(C)OC(=O)NCC1CCC(CN[C@](C(=O)O)(C2CCCCC2)C2CCCC2)CC1. The van der Waals surface area contributed by atoms with Crippen molar-refractivity contribution >= 4 is 12.1 Å². The summed E-state index contributed by atoms with van der Waals surface area (Å²) >= 11 is 0. The second kappa shape index (κ2) is 11.2. The van der Waals surface area contributed by atoms with E-state index in [1.54, 1.807) is 0 Å². The van der Waals surface area contributed by atoms with Gasteiger partial charge in [-0.05, 0) is 102 Å². The van der Waals surface area contributed by atoms with Gasteiger partial charge in [-0.1, -0.05) is 32.1 Å². The lowest BCUT2D eigenvalue weighted by Gasteiger charge is -2.45. The molecule has 3 aliphatic carbocycles. The van der Waals surface area contributed by atoms with Crippen molar-refractivity contribution in [3.63, 3.8) is 0 Å². The van der Waals surface area contributed by atoms with E-state index in [0.29, 0.717) is 18.4 Å².